The number of nitrogens with one attached hydrogen (secondary N) is 1. The minimum atomic E-state index is -0.106. The monoisotopic (exact) mass is 343 g/mol. The van der Waals surface area contributed by atoms with E-state index < -0.39 is 0 Å². The number of likely N-dealkylation sites (tertiary alicyclic amines) is 1. The predicted octanol–water partition coefficient (Wildman–Crippen LogP) is 2.70. The van der Waals surface area contributed by atoms with Gasteiger partial charge < -0.3 is 14.7 Å². The Morgan fingerprint density at radius 1 is 1.46 bits per heavy atom. The van der Waals surface area contributed by atoms with Crippen molar-refractivity contribution in [3.63, 3.8) is 0 Å². The third kappa shape index (κ3) is 2.84. The topological polar surface area (TPSA) is 84.2 Å². The quantitative estimate of drug-likeness (QED) is 0.787. The van der Waals surface area contributed by atoms with E-state index in [1.165, 1.54) is 0 Å². The number of fused-ring (bicyclic) bond motifs is 1. The van der Waals surface area contributed by atoms with E-state index in [0.29, 0.717) is 18.0 Å². The van der Waals surface area contributed by atoms with Crippen LogP contribution in [0.4, 0.5) is 5.82 Å². The Balaban J connectivity index is 1.49. The molecule has 0 radical (unpaired) electrons. The average molecular weight is 343 g/mol. The van der Waals surface area contributed by atoms with Gasteiger partial charge in [0, 0.05) is 25.2 Å². The molecular formula is C16H17N5O2S. The number of thiophene rings is 1. The average Bonchev–Trinajstić information content (AvgIpc) is 3.24. The van der Waals surface area contributed by atoms with Gasteiger partial charge in [0.25, 0.3) is 5.91 Å². The Bertz CT molecular complexity index is 874. The van der Waals surface area contributed by atoms with Gasteiger partial charge >= 0.3 is 0 Å². The third-order valence-corrected chi connectivity index (χ3v) is 4.97. The lowest BCUT2D eigenvalue weighted by Gasteiger charge is -2.32. The molecule has 24 heavy (non-hydrogen) atoms. The molecule has 4 rings (SSSR count). The van der Waals surface area contributed by atoms with Crippen molar-refractivity contribution < 1.29 is 9.32 Å². The first-order valence-electron chi connectivity index (χ1n) is 7.88. The summed E-state index contributed by atoms with van der Waals surface area (Å²) in [5.41, 5.74) is 0.714. The van der Waals surface area contributed by atoms with E-state index in [-0.39, 0.29) is 11.9 Å². The van der Waals surface area contributed by atoms with Crippen molar-refractivity contribution in [1.29, 1.82) is 0 Å². The molecule has 0 bridgehead atoms. The zero-order valence-corrected chi connectivity index (χ0v) is 14.0. The van der Waals surface area contributed by atoms with E-state index in [9.17, 15) is 4.79 Å². The number of piperidine rings is 1. The first-order valence-corrected chi connectivity index (χ1v) is 8.76. The van der Waals surface area contributed by atoms with Gasteiger partial charge in [0.05, 0.1) is 11.1 Å². The van der Waals surface area contributed by atoms with Crippen LogP contribution in [0.2, 0.25) is 0 Å². The summed E-state index contributed by atoms with van der Waals surface area (Å²) in [5, 5.41) is 10.3. The van der Waals surface area contributed by atoms with Crippen molar-refractivity contribution >= 4 is 33.3 Å². The Hall–Kier alpha value is -2.48. The zero-order valence-electron chi connectivity index (χ0n) is 13.2. The Kier molecular flexibility index (Phi) is 3.89. The van der Waals surface area contributed by atoms with Crippen LogP contribution in [-0.2, 0) is 0 Å². The summed E-state index contributed by atoms with van der Waals surface area (Å²) in [4.78, 5) is 23.9. The van der Waals surface area contributed by atoms with Gasteiger partial charge in [-0.2, -0.15) is 0 Å². The van der Waals surface area contributed by atoms with Crippen molar-refractivity contribution in [2.75, 3.05) is 18.4 Å². The molecule has 7 nitrogen and oxygen atoms in total. The number of carbonyl (C=O) groups is 1. The molecule has 3 aromatic rings. The number of rotatable bonds is 3. The van der Waals surface area contributed by atoms with Crippen LogP contribution in [0, 0.1) is 6.92 Å². The van der Waals surface area contributed by atoms with E-state index >= 15 is 0 Å². The number of nitrogens with zero attached hydrogens (tertiary/aromatic N) is 4. The van der Waals surface area contributed by atoms with Gasteiger partial charge in [0.15, 0.2) is 0 Å². The van der Waals surface area contributed by atoms with E-state index in [2.05, 4.69) is 20.4 Å². The fourth-order valence-electron chi connectivity index (χ4n) is 3.00. The number of hydrogen-bond donors (Lipinski definition) is 1. The standard InChI is InChI=1S/C16H17N5O2S/c1-10-7-13(23-20-10)16(22)21-5-2-3-11(8-21)19-14-12-4-6-24-15(12)18-9-17-14/h4,6-7,9,11H,2-3,5,8H2,1H3,(H,17,18,19)/t11-/m1/s1. The summed E-state index contributed by atoms with van der Waals surface area (Å²) >= 11 is 1.59. The highest BCUT2D eigenvalue weighted by Crippen LogP contribution is 2.25. The SMILES string of the molecule is Cc1cc(C(=O)N2CCC[C@@H](Nc3ncnc4sccc34)C2)on1. The van der Waals surface area contributed by atoms with Gasteiger partial charge in [-0.25, -0.2) is 9.97 Å². The van der Waals surface area contributed by atoms with Crippen LogP contribution in [0.15, 0.2) is 28.4 Å². The second-order valence-corrected chi connectivity index (χ2v) is 6.82. The molecule has 1 fully saturated rings. The third-order valence-electron chi connectivity index (χ3n) is 4.15. The normalized spacial score (nSPS) is 18.0. The fraction of sp³-hybridized carbons (Fsp3) is 0.375. The van der Waals surface area contributed by atoms with Crippen LogP contribution in [0.3, 0.4) is 0 Å². The summed E-state index contributed by atoms with van der Waals surface area (Å²) in [6.45, 7) is 3.16. The molecule has 3 aromatic heterocycles. The van der Waals surface area contributed by atoms with Gasteiger partial charge in [-0.05, 0) is 31.2 Å². The molecule has 8 heteroatoms. The zero-order chi connectivity index (χ0) is 16.5. The molecule has 0 aromatic carbocycles. The lowest BCUT2D eigenvalue weighted by molar-refractivity contribution is 0.0672. The van der Waals surface area contributed by atoms with E-state index in [0.717, 1.165) is 35.4 Å². The number of amides is 1. The number of hydrogen-bond acceptors (Lipinski definition) is 7. The molecule has 0 aliphatic carbocycles. The lowest BCUT2D eigenvalue weighted by atomic mass is 10.1. The highest BCUT2D eigenvalue weighted by atomic mass is 32.1. The van der Waals surface area contributed by atoms with Gasteiger partial charge in [0.2, 0.25) is 5.76 Å². The van der Waals surface area contributed by atoms with Crippen LogP contribution in [-0.4, -0.2) is 45.1 Å². The maximum Gasteiger partial charge on any atom is 0.292 e. The van der Waals surface area contributed by atoms with E-state index in [1.807, 2.05) is 23.3 Å². The summed E-state index contributed by atoms with van der Waals surface area (Å²) < 4.78 is 5.10. The molecule has 1 amide bonds. The maximum atomic E-state index is 12.5. The van der Waals surface area contributed by atoms with Crippen molar-refractivity contribution in [2.45, 2.75) is 25.8 Å². The molecule has 1 aliphatic rings. The van der Waals surface area contributed by atoms with Gasteiger partial charge in [-0.3, -0.25) is 4.79 Å². The number of carbonyl (C=O) groups excluding carboxylic acids is 1. The molecule has 0 spiro atoms. The maximum absolute atomic E-state index is 12.5. The fourth-order valence-corrected chi connectivity index (χ4v) is 3.73. The summed E-state index contributed by atoms with van der Waals surface area (Å²) in [6.07, 6.45) is 3.51. The van der Waals surface area contributed by atoms with Gasteiger partial charge in [-0.1, -0.05) is 5.16 Å². The first-order chi connectivity index (χ1) is 11.7. The molecule has 1 atom stereocenters. The summed E-state index contributed by atoms with van der Waals surface area (Å²) in [7, 11) is 0. The molecule has 1 N–H and O–H groups in total. The lowest BCUT2D eigenvalue weighted by Crippen LogP contribution is -2.45. The second kappa shape index (κ2) is 6.20. The number of aromatic nitrogens is 3. The largest absolute Gasteiger partial charge is 0.365 e. The van der Waals surface area contributed by atoms with Gasteiger partial charge in [-0.15, -0.1) is 11.3 Å². The summed E-state index contributed by atoms with van der Waals surface area (Å²) in [6, 6.07) is 3.86. The van der Waals surface area contributed by atoms with Crippen LogP contribution in [0.5, 0.6) is 0 Å². The van der Waals surface area contributed by atoms with E-state index in [4.69, 9.17) is 4.52 Å². The van der Waals surface area contributed by atoms with E-state index in [1.54, 1.807) is 23.7 Å². The molecule has 0 unspecified atom stereocenters. The minimum Gasteiger partial charge on any atom is -0.365 e. The Morgan fingerprint density at radius 3 is 3.21 bits per heavy atom. The van der Waals surface area contributed by atoms with Crippen molar-refractivity contribution in [1.82, 2.24) is 20.0 Å². The highest BCUT2D eigenvalue weighted by Gasteiger charge is 2.27. The Labute approximate surface area is 142 Å². The number of aryl methyl sites for hydroxylation is 1. The van der Waals surface area contributed by atoms with Crippen molar-refractivity contribution in [2.24, 2.45) is 0 Å². The molecule has 124 valence electrons. The summed E-state index contributed by atoms with van der Waals surface area (Å²) in [5.74, 6) is 1.02. The molecular weight excluding hydrogens is 326 g/mol. The van der Waals surface area contributed by atoms with Gasteiger partial charge in [0.1, 0.15) is 17.0 Å². The first kappa shape index (κ1) is 15.1. The predicted molar refractivity (Wildman–Crippen MR) is 91.2 cm³/mol. The van der Waals surface area contributed by atoms with Crippen LogP contribution in [0.1, 0.15) is 29.1 Å². The number of anilines is 1. The molecule has 4 heterocycles. The molecule has 1 aliphatic heterocycles. The second-order valence-electron chi connectivity index (χ2n) is 5.93. The minimum absolute atomic E-state index is 0.106. The van der Waals surface area contributed by atoms with Crippen LogP contribution in [0.25, 0.3) is 10.2 Å². The van der Waals surface area contributed by atoms with Crippen molar-refractivity contribution in [3.05, 3.63) is 35.3 Å². The Morgan fingerprint density at radius 2 is 2.38 bits per heavy atom. The van der Waals surface area contributed by atoms with Crippen LogP contribution >= 0.6 is 11.3 Å². The smallest absolute Gasteiger partial charge is 0.292 e. The molecule has 1 saturated heterocycles. The molecule has 0 saturated carbocycles. The van der Waals surface area contributed by atoms with Crippen LogP contribution < -0.4 is 5.32 Å². The highest BCUT2D eigenvalue weighted by molar-refractivity contribution is 7.16. The van der Waals surface area contributed by atoms with Crippen molar-refractivity contribution in [3.8, 4) is 0 Å².